The van der Waals surface area contributed by atoms with Gasteiger partial charge in [-0.3, -0.25) is 0 Å². The van der Waals surface area contributed by atoms with Crippen molar-refractivity contribution in [3.8, 4) is 0 Å². The van der Waals surface area contributed by atoms with Gasteiger partial charge >= 0.3 is 0 Å². The van der Waals surface area contributed by atoms with E-state index in [0.29, 0.717) is 26.2 Å². The molecule has 0 bridgehead atoms. The van der Waals surface area contributed by atoms with E-state index in [-0.39, 0.29) is 6.04 Å². The van der Waals surface area contributed by atoms with E-state index in [1.165, 1.54) is 32.1 Å². The minimum Gasteiger partial charge on any atom is -0.381 e. The van der Waals surface area contributed by atoms with Gasteiger partial charge in [-0.15, -0.1) is 0 Å². The van der Waals surface area contributed by atoms with E-state index < -0.39 is 10.2 Å². The topological polar surface area (TPSA) is 52.7 Å². The van der Waals surface area contributed by atoms with Crippen molar-refractivity contribution in [2.45, 2.75) is 76.8 Å². The molecular formula is C22H35N3O2S. The molecule has 0 amide bonds. The molecule has 1 aliphatic carbocycles. The first-order valence-electron chi connectivity index (χ1n) is 11.2. The maximum Gasteiger partial charge on any atom is 0.282 e. The fourth-order valence-electron chi connectivity index (χ4n) is 5.08. The van der Waals surface area contributed by atoms with Gasteiger partial charge in [0.2, 0.25) is 0 Å². The van der Waals surface area contributed by atoms with E-state index in [0.717, 1.165) is 49.3 Å². The number of benzene rings is 1. The predicted octanol–water partition coefficient (Wildman–Crippen LogP) is 4.37. The zero-order valence-corrected chi connectivity index (χ0v) is 17.8. The molecule has 1 saturated heterocycles. The minimum atomic E-state index is -3.42. The van der Waals surface area contributed by atoms with E-state index in [2.05, 4.69) is 17.4 Å². The molecule has 1 aromatic rings. The van der Waals surface area contributed by atoms with Crippen molar-refractivity contribution in [3.63, 3.8) is 0 Å². The molecule has 4 rings (SSSR count). The summed E-state index contributed by atoms with van der Waals surface area (Å²) >= 11 is 0. The largest absolute Gasteiger partial charge is 0.381 e. The minimum absolute atomic E-state index is 0.186. The third-order valence-corrected chi connectivity index (χ3v) is 8.71. The summed E-state index contributed by atoms with van der Waals surface area (Å²) in [4.78, 5) is 0. The standard InChI is InChI=1S/C22H35N3O2S/c26-28(27,24-15-7-1-2-8-16-24)25-17-20-11-5-6-12-22(20)23-21(18-25)14-13-19-9-3-4-10-19/h5-6,11-12,19,21,23H,1-4,7-10,13-18H2. The van der Waals surface area contributed by atoms with Crippen LogP contribution in [0.1, 0.15) is 69.8 Å². The Labute approximate surface area is 170 Å². The Kier molecular flexibility index (Phi) is 6.59. The summed E-state index contributed by atoms with van der Waals surface area (Å²) in [5.74, 6) is 0.830. The molecule has 0 radical (unpaired) electrons. The summed E-state index contributed by atoms with van der Waals surface area (Å²) < 4.78 is 30.5. The molecule has 3 aliphatic rings. The lowest BCUT2D eigenvalue weighted by Gasteiger charge is -2.30. The molecule has 0 spiro atoms. The second-order valence-corrected chi connectivity index (χ2v) is 10.8. The molecule has 28 heavy (non-hydrogen) atoms. The Hall–Kier alpha value is -1.11. The van der Waals surface area contributed by atoms with Crippen LogP contribution in [-0.2, 0) is 16.8 Å². The first-order chi connectivity index (χ1) is 13.6. The first-order valence-corrected chi connectivity index (χ1v) is 12.6. The monoisotopic (exact) mass is 405 g/mol. The average molecular weight is 406 g/mol. The molecule has 6 heteroatoms. The number of rotatable bonds is 5. The van der Waals surface area contributed by atoms with Gasteiger partial charge in [-0.2, -0.15) is 17.0 Å². The lowest BCUT2D eigenvalue weighted by atomic mass is 9.98. The molecule has 1 saturated carbocycles. The number of nitrogens with zero attached hydrogens (tertiary/aromatic N) is 2. The van der Waals surface area contributed by atoms with Crippen molar-refractivity contribution in [1.29, 1.82) is 0 Å². The Bertz CT molecular complexity index is 738. The van der Waals surface area contributed by atoms with Crippen LogP contribution in [0, 0.1) is 5.92 Å². The molecule has 1 atom stereocenters. The van der Waals surface area contributed by atoms with E-state index in [1.807, 2.05) is 12.1 Å². The summed E-state index contributed by atoms with van der Waals surface area (Å²) in [7, 11) is -3.42. The van der Waals surface area contributed by atoms with Gasteiger partial charge in [-0.05, 0) is 43.2 Å². The summed E-state index contributed by atoms with van der Waals surface area (Å²) in [5, 5.41) is 3.68. The van der Waals surface area contributed by atoms with Crippen LogP contribution in [0.3, 0.4) is 0 Å². The Morgan fingerprint density at radius 1 is 0.893 bits per heavy atom. The maximum atomic E-state index is 13.5. The van der Waals surface area contributed by atoms with Gasteiger partial charge in [-0.25, -0.2) is 0 Å². The summed E-state index contributed by atoms with van der Waals surface area (Å²) in [6.45, 7) is 2.38. The second-order valence-electron chi connectivity index (χ2n) is 8.84. The van der Waals surface area contributed by atoms with E-state index in [9.17, 15) is 8.42 Å². The van der Waals surface area contributed by atoms with Crippen LogP contribution in [0.25, 0.3) is 0 Å². The van der Waals surface area contributed by atoms with Crippen molar-refractivity contribution in [3.05, 3.63) is 29.8 Å². The highest BCUT2D eigenvalue weighted by molar-refractivity contribution is 7.86. The van der Waals surface area contributed by atoms with Gasteiger partial charge in [0.25, 0.3) is 10.2 Å². The fourth-order valence-corrected chi connectivity index (χ4v) is 6.79. The first kappa shape index (κ1) is 20.2. The van der Waals surface area contributed by atoms with Gasteiger partial charge in [-0.1, -0.05) is 56.7 Å². The summed E-state index contributed by atoms with van der Waals surface area (Å²) in [6.07, 6.45) is 11.9. The van der Waals surface area contributed by atoms with E-state index in [1.54, 1.807) is 8.61 Å². The Morgan fingerprint density at radius 3 is 2.36 bits per heavy atom. The quantitative estimate of drug-likeness (QED) is 0.791. The van der Waals surface area contributed by atoms with E-state index in [4.69, 9.17) is 0 Å². The molecule has 1 aromatic carbocycles. The number of anilines is 1. The maximum absolute atomic E-state index is 13.5. The molecule has 2 aliphatic heterocycles. The molecule has 1 unspecified atom stereocenters. The molecule has 0 aromatic heterocycles. The zero-order chi connectivity index (χ0) is 19.4. The van der Waals surface area contributed by atoms with Crippen LogP contribution in [0.2, 0.25) is 0 Å². The number of fused-ring (bicyclic) bond motifs is 1. The van der Waals surface area contributed by atoms with Gasteiger partial charge in [0.15, 0.2) is 0 Å². The predicted molar refractivity (Wildman–Crippen MR) is 114 cm³/mol. The number of hydrogen-bond donors (Lipinski definition) is 1. The normalized spacial score (nSPS) is 25.6. The highest BCUT2D eigenvalue weighted by Gasteiger charge is 2.34. The lowest BCUT2D eigenvalue weighted by molar-refractivity contribution is 0.322. The number of hydrogen-bond acceptors (Lipinski definition) is 3. The lowest BCUT2D eigenvalue weighted by Crippen LogP contribution is -2.46. The Morgan fingerprint density at radius 2 is 1.61 bits per heavy atom. The smallest absolute Gasteiger partial charge is 0.282 e. The highest BCUT2D eigenvalue weighted by atomic mass is 32.2. The summed E-state index contributed by atoms with van der Waals surface area (Å²) in [6, 6.07) is 8.40. The van der Waals surface area contributed by atoms with Crippen LogP contribution in [0.4, 0.5) is 5.69 Å². The van der Waals surface area contributed by atoms with Gasteiger partial charge in [0.1, 0.15) is 0 Å². The molecular weight excluding hydrogens is 370 g/mol. The van der Waals surface area contributed by atoms with E-state index >= 15 is 0 Å². The fraction of sp³-hybridized carbons (Fsp3) is 0.727. The van der Waals surface area contributed by atoms with Gasteiger partial charge in [0, 0.05) is 37.9 Å². The molecule has 1 N–H and O–H groups in total. The Balaban J connectivity index is 1.53. The zero-order valence-electron chi connectivity index (χ0n) is 17.0. The van der Waals surface area contributed by atoms with Crippen molar-refractivity contribution in [2.75, 3.05) is 25.0 Å². The van der Waals surface area contributed by atoms with Gasteiger partial charge < -0.3 is 5.32 Å². The van der Waals surface area contributed by atoms with Crippen LogP contribution in [0.15, 0.2) is 24.3 Å². The highest BCUT2D eigenvalue weighted by Crippen LogP contribution is 2.31. The van der Waals surface area contributed by atoms with Crippen LogP contribution in [0.5, 0.6) is 0 Å². The average Bonchev–Trinajstić information content (AvgIpc) is 2.95. The molecule has 156 valence electrons. The van der Waals surface area contributed by atoms with Crippen LogP contribution >= 0.6 is 0 Å². The number of para-hydroxylation sites is 1. The third-order valence-electron chi connectivity index (χ3n) is 6.76. The van der Waals surface area contributed by atoms with Crippen molar-refractivity contribution >= 4 is 15.9 Å². The van der Waals surface area contributed by atoms with Crippen molar-refractivity contribution < 1.29 is 8.42 Å². The van der Waals surface area contributed by atoms with Crippen molar-refractivity contribution in [2.24, 2.45) is 5.92 Å². The summed E-state index contributed by atoms with van der Waals surface area (Å²) in [5.41, 5.74) is 2.19. The van der Waals surface area contributed by atoms with Gasteiger partial charge in [0.05, 0.1) is 0 Å². The molecule has 2 fully saturated rings. The second kappa shape index (κ2) is 9.14. The van der Waals surface area contributed by atoms with Crippen LogP contribution < -0.4 is 5.32 Å². The number of nitrogens with one attached hydrogen (secondary N) is 1. The molecule has 2 heterocycles. The SMILES string of the molecule is O=S(=O)(N1CCCCCC1)N1Cc2ccccc2NC(CCC2CCCC2)C1. The molecule has 5 nitrogen and oxygen atoms in total. The third kappa shape index (κ3) is 4.71. The van der Waals surface area contributed by atoms with Crippen LogP contribution in [-0.4, -0.2) is 42.7 Å². The van der Waals surface area contributed by atoms with Crippen molar-refractivity contribution in [1.82, 2.24) is 8.61 Å².